The maximum atomic E-state index is 12.7. The van der Waals surface area contributed by atoms with Crippen LogP contribution in [0.25, 0.3) is 0 Å². The first kappa shape index (κ1) is 22.3. The number of pyridine rings is 1. The van der Waals surface area contributed by atoms with E-state index in [0.29, 0.717) is 27.4 Å². The second-order valence-electron chi connectivity index (χ2n) is 7.93. The van der Waals surface area contributed by atoms with Crippen molar-refractivity contribution >= 4 is 52.4 Å². The number of aromatic nitrogens is 3. The Bertz CT molecular complexity index is 1110. The molecule has 9 heteroatoms. The Morgan fingerprint density at radius 3 is 2.44 bits per heavy atom. The molecule has 0 spiro atoms. The number of halogens is 2. The highest BCUT2D eigenvalue weighted by Crippen LogP contribution is 2.27. The van der Waals surface area contributed by atoms with Gasteiger partial charge in [0.25, 0.3) is 5.91 Å². The SMILES string of the molecule is CC(C)c1cc(Nc2cc(NC(=O)c3c(Cl)cccc3Cl)ccn2)nc(N2CCCC2)n1. The van der Waals surface area contributed by atoms with Gasteiger partial charge >= 0.3 is 0 Å². The Balaban J connectivity index is 1.56. The molecule has 166 valence electrons. The van der Waals surface area contributed by atoms with E-state index in [0.717, 1.165) is 37.6 Å². The van der Waals surface area contributed by atoms with Gasteiger partial charge in [-0.15, -0.1) is 0 Å². The van der Waals surface area contributed by atoms with Crippen LogP contribution in [-0.4, -0.2) is 33.9 Å². The van der Waals surface area contributed by atoms with Crippen molar-refractivity contribution in [2.75, 3.05) is 28.6 Å². The standard InChI is InChI=1S/C23H24Cl2N6O/c1-14(2)18-13-20(30-23(28-18)31-10-3-4-11-31)29-19-12-15(8-9-26-19)27-22(32)21-16(24)6-5-7-17(21)25/h5-9,12-14H,3-4,10-11H2,1-2H3,(H2,26,27,28,29,30,32). The lowest BCUT2D eigenvalue weighted by Crippen LogP contribution is -2.21. The number of amides is 1. The number of carbonyl (C=O) groups is 1. The van der Waals surface area contributed by atoms with Gasteiger partial charge in [0, 0.05) is 37.1 Å². The monoisotopic (exact) mass is 470 g/mol. The third kappa shape index (κ3) is 5.11. The van der Waals surface area contributed by atoms with Crippen molar-refractivity contribution < 1.29 is 4.79 Å². The Hall–Kier alpha value is -2.90. The number of anilines is 4. The molecule has 0 saturated carbocycles. The molecule has 4 rings (SSSR count). The molecule has 1 saturated heterocycles. The number of hydrogen-bond acceptors (Lipinski definition) is 6. The third-order valence-corrected chi connectivity index (χ3v) is 5.81. The Kier molecular flexibility index (Phi) is 6.77. The summed E-state index contributed by atoms with van der Waals surface area (Å²) in [5, 5.41) is 6.65. The lowest BCUT2D eigenvalue weighted by molar-refractivity contribution is 0.102. The Labute approximate surface area is 197 Å². The van der Waals surface area contributed by atoms with Crippen molar-refractivity contribution in [3.63, 3.8) is 0 Å². The average molecular weight is 471 g/mol. The van der Waals surface area contributed by atoms with E-state index in [4.69, 9.17) is 33.2 Å². The normalized spacial score (nSPS) is 13.5. The van der Waals surface area contributed by atoms with Crippen LogP contribution in [0.15, 0.2) is 42.6 Å². The molecule has 1 aliphatic heterocycles. The van der Waals surface area contributed by atoms with Crippen molar-refractivity contribution in [3.8, 4) is 0 Å². The number of hydrogen-bond donors (Lipinski definition) is 2. The fourth-order valence-electron chi connectivity index (χ4n) is 3.49. The van der Waals surface area contributed by atoms with Crippen molar-refractivity contribution in [2.24, 2.45) is 0 Å². The first-order valence-corrected chi connectivity index (χ1v) is 11.3. The van der Waals surface area contributed by atoms with Crippen LogP contribution in [0.4, 0.5) is 23.3 Å². The van der Waals surface area contributed by atoms with Crippen LogP contribution in [0.5, 0.6) is 0 Å². The van der Waals surface area contributed by atoms with E-state index in [1.165, 1.54) is 0 Å². The van der Waals surface area contributed by atoms with Gasteiger partial charge in [0.1, 0.15) is 11.6 Å². The van der Waals surface area contributed by atoms with E-state index in [1.807, 2.05) is 6.07 Å². The fourth-order valence-corrected chi connectivity index (χ4v) is 4.06. The molecule has 1 aromatic carbocycles. The van der Waals surface area contributed by atoms with E-state index in [9.17, 15) is 4.79 Å². The molecular formula is C23H24Cl2N6O. The van der Waals surface area contributed by atoms with Gasteiger partial charge in [-0.3, -0.25) is 4.79 Å². The number of carbonyl (C=O) groups excluding carboxylic acids is 1. The number of nitrogens with zero attached hydrogens (tertiary/aromatic N) is 4. The van der Waals surface area contributed by atoms with Gasteiger partial charge in [-0.1, -0.05) is 43.1 Å². The minimum atomic E-state index is -0.391. The molecule has 32 heavy (non-hydrogen) atoms. The molecule has 1 aliphatic rings. The van der Waals surface area contributed by atoms with Crippen LogP contribution in [0.1, 0.15) is 48.7 Å². The molecule has 3 aromatic rings. The fraction of sp³-hybridized carbons (Fsp3) is 0.304. The minimum Gasteiger partial charge on any atom is -0.341 e. The summed E-state index contributed by atoms with van der Waals surface area (Å²) in [5.41, 5.74) is 1.75. The second-order valence-corrected chi connectivity index (χ2v) is 8.75. The summed E-state index contributed by atoms with van der Waals surface area (Å²) < 4.78 is 0. The Morgan fingerprint density at radius 1 is 1.03 bits per heavy atom. The maximum Gasteiger partial charge on any atom is 0.258 e. The third-order valence-electron chi connectivity index (χ3n) is 5.18. The molecule has 0 atom stereocenters. The summed E-state index contributed by atoms with van der Waals surface area (Å²) in [4.78, 5) is 28.7. The van der Waals surface area contributed by atoms with Gasteiger partial charge in [0.15, 0.2) is 0 Å². The van der Waals surface area contributed by atoms with Crippen LogP contribution >= 0.6 is 23.2 Å². The van der Waals surface area contributed by atoms with Gasteiger partial charge in [-0.2, -0.15) is 4.98 Å². The molecule has 7 nitrogen and oxygen atoms in total. The van der Waals surface area contributed by atoms with E-state index in [-0.39, 0.29) is 11.5 Å². The van der Waals surface area contributed by atoms with Crippen molar-refractivity contribution in [1.82, 2.24) is 15.0 Å². The zero-order valence-corrected chi connectivity index (χ0v) is 19.4. The van der Waals surface area contributed by atoms with E-state index >= 15 is 0 Å². The molecule has 2 N–H and O–H groups in total. The van der Waals surface area contributed by atoms with E-state index in [2.05, 4.69) is 34.4 Å². The first-order chi connectivity index (χ1) is 15.4. The highest BCUT2D eigenvalue weighted by Gasteiger charge is 2.18. The molecule has 2 aromatic heterocycles. The summed E-state index contributed by atoms with van der Waals surface area (Å²) in [5.74, 6) is 1.82. The molecule has 0 radical (unpaired) electrons. The smallest absolute Gasteiger partial charge is 0.258 e. The molecular weight excluding hydrogens is 447 g/mol. The average Bonchev–Trinajstić information content (AvgIpc) is 3.28. The molecule has 0 bridgehead atoms. The zero-order valence-electron chi connectivity index (χ0n) is 17.9. The number of rotatable bonds is 6. The second kappa shape index (κ2) is 9.71. The molecule has 1 amide bonds. The van der Waals surface area contributed by atoms with Crippen molar-refractivity contribution in [3.05, 3.63) is 63.9 Å². The van der Waals surface area contributed by atoms with Crippen LogP contribution in [0.3, 0.4) is 0 Å². The summed E-state index contributed by atoms with van der Waals surface area (Å²) in [6.45, 7) is 6.14. The molecule has 1 fully saturated rings. The summed E-state index contributed by atoms with van der Waals surface area (Å²) >= 11 is 12.3. The van der Waals surface area contributed by atoms with Crippen LogP contribution in [0.2, 0.25) is 10.0 Å². The molecule has 0 unspecified atom stereocenters. The van der Waals surface area contributed by atoms with Gasteiger partial charge in [-0.05, 0) is 37.0 Å². The predicted molar refractivity (Wildman–Crippen MR) is 130 cm³/mol. The van der Waals surface area contributed by atoms with Crippen LogP contribution in [-0.2, 0) is 0 Å². The van der Waals surface area contributed by atoms with Crippen molar-refractivity contribution in [2.45, 2.75) is 32.6 Å². The van der Waals surface area contributed by atoms with Gasteiger partial charge < -0.3 is 15.5 Å². The van der Waals surface area contributed by atoms with Crippen LogP contribution in [0, 0.1) is 0 Å². The van der Waals surface area contributed by atoms with E-state index in [1.54, 1.807) is 36.5 Å². The number of nitrogens with one attached hydrogen (secondary N) is 2. The van der Waals surface area contributed by atoms with Gasteiger partial charge in [0.2, 0.25) is 5.95 Å². The minimum absolute atomic E-state index is 0.231. The predicted octanol–water partition coefficient (Wildman–Crippen LogP) is 5.90. The quantitative estimate of drug-likeness (QED) is 0.466. The maximum absolute atomic E-state index is 12.7. The summed E-state index contributed by atoms with van der Waals surface area (Å²) in [6.07, 6.45) is 3.91. The molecule has 3 heterocycles. The largest absolute Gasteiger partial charge is 0.341 e. The van der Waals surface area contributed by atoms with Gasteiger partial charge in [-0.25, -0.2) is 9.97 Å². The van der Waals surface area contributed by atoms with Crippen molar-refractivity contribution in [1.29, 1.82) is 0 Å². The lowest BCUT2D eigenvalue weighted by atomic mass is 10.1. The highest BCUT2D eigenvalue weighted by atomic mass is 35.5. The topological polar surface area (TPSA) is 83.0 Å². The number of benzene rings is 1. The summed E-state index contributed by atoms with van der Waals surface area (Å²) in [7, 11) is 0. The Morgan fingerprint density at radius 2 is 1.75 bits per heavy atom. The first-order valence-electron chi connectivity index (χ1n) is 10.5. The zero-order chi connectivity index (χ0) is 22.7. The molecule has 0 aliphatic carbocycles. The summed E-state index contributed by atoms with van der Waals surface area (Å²) in [6, 6.07) is 10.3. The van der Waals surface area contributed by atoms with Gasteiger partial charge in [0.05, 0.1) is 21.3 Å². The lowest BCUT2D eigenvalue weighted by Gasteiger charge is -2.18. The van der Waals surface area contributed by atoms with Crippen LogP contribution < -0.4 is 15.5 Å². The highest BCUT2D eigenvalue weighted by molar-refractivity contribution is 6.40. The van der Waals surface area contributed by atoms with E-state index < -0.39 is 5.91 Å².